The lowest BCUT2D eigenvalue weighted by Gasteiger charge is -2.44. The van der Waals surface area contributed by atoms with Gasteiger partial charge in [-0.25, -0.2) is 0 Å². The van der Waals surface area contributed by atoms with Gasteiger partial charge in [-0.2, -0.15) is 0 Å². The standard InChI is InChI=1S/C23H18ClN3O3/c1-26-20-17(7-5-8-18(20)24)23(22(26)29)25-19-9-4-3-6-16(19)21(28)27(23)14-10-12-15(30-2)13-11-14/h3-13,25H,1-2H3/t23-/m1/s1. The van der Waals surface area contributed by atoms with Crippen molar-refractivity contribution in [3.05, 3.63) is 82.9 Å². The number of carbonyl (C=O) groups is 2. The number of likely N-dealkylation sites (N-methyl/N-ethyl adjacent to an activating group) is 1. The van der Waals surface area contributed by atoms with E-state index in [9.17, 15) is 9.59 Å². The molecule has 7 heteroatoms. The van der Waals surface area contributed by atoms with Crippen molar-refractivity contribution in [1.29, 1.82) is 0 Å². The van der Waals surface area contributed by atoms with E-state index in [4.69, 9.17) is 16.3 Å². The Labute approximate surface area is 178 Å². The van der Waals surface area contributed by atoms with Crippen LogP contribution < -0.4 is 19.9 Å². The maximum atomic E-state index is 13.7. The van der Waals surface area contributed by atoms with Crippen LogP contribution in [-0.2, 0) is 10.5 Å². The molecule has 6 nitrogen and oxygen atoms in total. The first-order chi connectivity index (χ1) is 14.5. The third kappa shape index (κ3) is 2.31. The molecule has 1 spiro atoms. The second-order valence-corrected chi connectivity index (χ2v) is 7.63. The van der Waals surface area contributed by atoms with Crippen molar-refractivity contribution in [2.75, 3.05) is 29.3 Å². The average Bonchev–Trinajstić information content (AvgIpc) is 2.97. The molecule has 2 aliphatic heterocycles. The van der Waals surface area contributed by atoms with Gasteiger partial charge in [0, 0.05) is 24.0 Å². The zero-order valence-corrected chi connectivity index (χ0v) is 17.1. The van der Waals surface area contributed by atoms with Crippen molar-refractivity contribution in [2.24, 2.45) is 0 Å². The fraction of sp³-hybridized carbons (Fsp3) is 0.130. The topological polar surface area (TPSA) is 61.9 Å². The molecule has 1 atom stereocenters. The third-order valence-electron chi connectivity index (χ3n) is 5.67. The van der Waals surface area contributed by atoms with E-state index in [2.05, 4.69) is 5.32 Å². The monoisotopic (exact) mass is 419 g/mol. The summed E-state index contributed by atoms with van der Waals surface area (Å²) in [7, 11) is 3.24. The van der Waals surface area contributed by atoms with Crippen molar-refractivity contribution < 1.29 is 14.3 Å². The van der Waals surface area contributed by atoms with Gasteiger partial charge in [-0.05, 0) is 42.5 Å². The minimum Gasteiger partial charge on any atom is -0.497 e. The van der Waals surface area contributed by atoms with Gasteiger partial charge in [0.1, 0.15) is 5.75 Å². The maximum absolute atomic E-state index is 13.7. The molecule has 150 valence electrons. The lowest BCUT2D eigenvalue weighted by atomic mass is 9.92. The number of halogens is 1. The number of ether oxygens (including phenoxy) is 1. The summed E-state index contributed by atoms with van der Waals surface area (Å²) in [4.78, 5) is 30.5. The molecule has 2 heterocycles. The zero-order chi connectivity index (χ0) is 21.0. The molecule has 3 aromatic carbocycles. The van der Waals surface area contributed by atoms with Crippen LogP contribution in [0.5, 0.6) is 5.75 Å². The fourth-order valence-corrected chi connectivity index (χ4v) is 4.59. The summed E-state index contributed by atoms with van der Waals surface area (Å²) >= 11 is 6.46. The number of amides is 2. The number of para-hydroxylation sites is 2. The number of fused-ring (bicyclic) bond motifs is 3. The second kappa shape index (κ2) is 6.50. The SMILES string of the molecule is COc1ccc(N2C(=O)c3ccccc3N[C@@]23C(=O)N(C)c2c(Cl)cccc23)cc1. The van der Waals surface area contributed by atoms with Crippen LogP contribution in [-0.4, -0.2) is 26.0 Å². The Balaban J connectivity index is 1.82. The summed E-state index contributed by atoms with van der Waals surface area (Å²) in [5.41, 5.74) is 1.42. The highest BCUT2D eigenvalue weighted by Crippen LogP contribution is 2.51. The lowest BCUT2D eigenvalue weighted by Crippen LogP contribution is -2.62. The molecular formula is C23H18ClN3O3. The zero-order valence-electron chi connectivity index (χ0n) is 16.3. The van der Waals surface area contributed by atoms with Crippen LogP contribution in [0.2, 0.25) is 5.02 Å². The molecule has 0 aromatic heterocycles. The number of carbonyl (C=O) groups excluding carboxylic acids is 2. The predicted octanol–water partition coefficient (Wildman–Crippen LogP) is 4.25. The molecule has 2 amide bonds. The van der Waals surface area contributed by atoms with E-state index in [1.54, 1.807) is 68.8 Å². The first-order valence-electron chi connectivity index (χ1n) is 9.42. The molecular weight excluding hydrogens is 402 g/mol. The van der Waals surface area contributed by atoms with Gasteiger partial charge in [0.05, 0.1) is 23.4 Å². The highest BCUT2D eigenvalue weighted by atomic mass is 35.5. The third-order valence-corrected chi connectivity index (χ3v) is 5.97. The molecule has 0 aliphatic carbocycles. The molecule has 0 bridgehead atoms. The van der Waals surface area contributed by atoms with Crippen LogP contribution in [0.25, 0.3) is 0 Å². The summed E-state index contributed by atoms with van der Waals surface area (Å²) in [5, 5.41) is 3.81. The Kier molecular flexibility index (Phi) is 4.01. The average molecular weight is 420 g/mol. The Morgan fingerprint density at radius 2 is 1.70 bits per heavy atom. The number of methoxy groups -OCH3 is 1. The largest absolute Gasteiger partial charge is 0.497 e. The van der Waals surface area contributed by atoms with E-state index in [0.717, 1.165) is 0 Å². The highest BCUT2D eigenvalue weighted by molar-refractivity contribution is 6.35. The summed E-state index contributed by atoms with van der Waals surface area (Å²) in [6.45, 7) is 0. The van der Waals surface area contributed by atoms with Crippen LogP contribution in [0.3, 0.4) is 0 Å². The molecule has 3 aromatic rings. The van der Waals surface area contributed by atoms with Gasteiger partial charge >= 0.3 is 0 Å². The number of benzene rings is 3. The van der Waals surface area contributed by atoms with E-state index >= 15 is 0 Å². The van der Waals surface area contributed by atoms with Gasteiger partial charge in [-0.1, -0.05) is 35.9 Å². The van der Waals surface area contributed by atoms with Gasteiger partial charge in [0.25, 0.3) is 11.8 Å². The Morgan fingerprint density at radius 1 is 0.967 bits per heavy atom. The molecule has 0 saturated heterocycles. The molecule has 2 aliphatic rings. The van der Waals surface area contributed by atoms with Crippen LogP contribution >= 0.6 is 11.6 Å². The molecule has 1 N–H and O–H groups in total. The minimum atomic E-state index is -1.45. The van der Waals surface area contributed by atoms with Crippen molar-refractivity contribution in [3.63, 3.8) is 0 Å². The second-order valence-electron chi connectivity index (χ2n) is 7.22. The number of nitrogens with zero attached hydrogens (tertiary/aromatic N) is 2. The van der Waals surface area contributed by atoms with Gasteiger partial charge < -0.3 is 15.0 Å². The molecule has 0 fully saturated rings. The van der Waals surface area contributed by atoms with Crippen molar-refractivity contribution in [2.45, 2.75) is 5.66 Å². The number of hydrogen-bond acceptors (Lipinski definition) is 4. The number of hydrogen-bond donors (Lipinski definition) is 1. The normalized spacial score (nSPS) is 19.6. The summed E-state index contributed by atoms with van der Waals surface area (Å²) < 4.78 is 5.26. The molecule has 0 radical (unpaired) electrons. The van der Waals surface area contributed by atoms with Crippen molar-refractivity contribution in [3.8, 4) is 5.75 Å². The van der Waals surface area contributed by atoms with Gasteiger partial charge in [-0.3, -0.25) is 14.5 Å². The molecule has 5 rings (SSSR count). The van der Waals surface area contributed by atoms with Gasteiger partial charge in [-0.15, -0.1) is 0 Å². The number of rotatable bonds is 2. The van der Waals surface area contributed by atoms with Crippen molar-refractivity contribution >= 4 is 40.5 Å². The molecule has 30 heavy (non-hydrogen) atoms. The molecule has 0 saturated carbocycles. The summed E-state index contributed by atoms with van der Waals surface area (Å²) in [6, 6.07) is 19.6. The number of nitrogens with one attached hydrogen (secondary N) is 1. The molecule has 0 unspecified atom stereocenters. The minimum absolute atomic E-state index is 0.274. The summed E-state index contributed by atoms with van der Waals surface area (Å²) in [5.74, 6) is 0.0947. The summed E-state index contributed by atoms with van der Waals surface area (Å²) in [6.07, 6.45) is 0. The maximum Gasteiger partial charge on any atom is 0.278 e. The van der Waals surface area contributed by atoms with Crippen LogP contribution in [0.15, 0.2) is 66.7 Å². The van der Waals surface area contributed by atoms with Gasteiger partial charge in [0.15, 0.2) is 0 Å². The quantitative estimate of drug-likeness (QED) is 0.674. The van der Waals surface area contributed by atoms with E-state index < -0.39 is 5.66 Å². The van der Waals surface area contributed by atoms with E-state index in [-0.39, 0.29) is 11.8 Å². The lowest BCUT2D eigenvalue weighted by molar-refractivity contribution is -0.121. The van der Waals surface area contributed by atoms with E-state index in [0.29, 0.717) is 39.0 Å². The Morgan fingerprint density at radius 3 is 2.43 bits per heavy atom. The van der Waals surface area contributed by atoms with Gasteiger partial charge in [0.2, 0.25) is 5.66 Å². The highest BCUT2D eigenvalue weighted by Gasteiger charge is 2.59. The predicted molar refractivity (Wildman–Crippen MR) is 116 cm³/mol. The van der Waals surface area contributed by atoms with E-state index in [1.807, 2.05) is 12.1 Å². The Bertz CT molecular complexity index is 1190. The number of anilines is 3. The fourth-order valence-electron chi connectivity index (χ4n) is 4.29. The first kappa shape index (κ1) is 18.5. The van der Waals surface area contributed by atoms with E-state index in [1.165, 1.54) is 9.80 Å². The Hall–Kier alpha value is -3.51. The smallest absolute Gasteiger partial charge is 0.278 e. The first-order valence-corrected chi connectivity index (χ1v) is 9.80. The van der Waals surface area contributed by atoms with Crippen LogP contribution in [0, 0.1) is 0 Å². The van der Waals surface area contributed by atoms with Crippen molar-refractivity contribution in [1.82, 2.24) is 0 Å². The van der Waals surface area contributed by atoms with Crippen LogP contribution in [0.1, 0.15) is 15.9 Å². The van der Waals surface area contributed by atoms with Crippen LogP contribution in [0.4, 0.5) is 17.1 Å².